The summed E-state index contributed by atoms with van der Waals surface area (Å²) in [6.45, 7) is 3.43. The molecule has 3 N–H and O–H groups in total. The summed E-state index contributed by atoms with van der Waals surface area (Å²) in [7, 11) is 0. The molecule has 1 unspecified atom stereocenters. The Hall–Kier alpha value is -4.00. The van der Waals surface area contributed by atoms with Crippen molar-refractivity contribution in [1.29, 1.82) is 0 Å². The number of imide groups is 1. The number of pyridine rings is 1. The van der Waals surface area contributed by atoms with Crippen LogP contribution >= 0.6 is 0 Å². The lowest BCUT2D eigenvalue weighted by atomic mass is 10.0. The van der Waals surface area contributed by atoms with E-state index < -0.39 is 24.0 Å². The predicted molar refractivity (Wildman–Crippen MR) is 122 cm³/mol. The maximum atomic E-state index is 13.2. The van der Waals surface area contributed by atoms with Crippen molar-refractivity contribution in [2.75, 3.05) is 0 Å². The van der Waals surface area contributed by atoms with Crippen LogP contribution in [0.5, 0.6) is 0 Å². The van der Waals surface area contributed by atoms with Gasteiger partial charge < -0.3 is 10.5 Å². The number of para-hydroxylation sites is 1. The Morgan fingerprint density at radius 1 is 1.09 bits per heavy atom. The number of primary amides is 1. The Balaban J connectivity index is 1.75. The van der Waals surface area contributed by atoms with Crippen LogP contribution in [0.4, 0.5) is 4.79 Å². The third-order valence-electron chi connectivity index (χ3n) is 5.46. The number of hydrogen-bond donors (Lipinski definition) is 2. The monoisotopic (exact) mass is 429 g/mol. The Bertz CT molecular complexity index is 1260. The highest BCUT2D eigenvalue weighted by atomic mass is 16.5. The number of nitrogens with two attached hydrogens (primary N) is 1. The fraction of sp³-hybridized carbons (Fsp3) is 0.200. The second-order valence-corrected chi connectivity index (χ2v) is 7.81. The van der Waals surface area contributed by atoms with E-state index in [0.717, 1.165) is 28.8 Å². The summed E-state index contributed by atoms with van der Waals surface area (Å²) in [6.07, 6.45) is 2.29. The van der Waals surface area contributed by atoms with Crippen LogP contribution in [0.3, 0.4) is 0 Å². The van der Waals surface area contributed by atoms with E-state index in [9.17, 15) is 14.4 Å². The van der Waals surface area contributed by atoms with Gasteiger partial charge in [-0.3, -0.25) is 10.1 Å². The highest BCUT2D eigenvalue weighted by molar-refractivity contribution is 6.08. The van der Waals surface area contributed by atoms with Crippen molar-refractivity contribution >= 4 is 40.5 Å². The summed E-state index contributed by atoms with van der Waals surface area (Å²) in [5.74, 6) is -1.41. The van der Waals surface area contributed by atoms with E-state index in [1.165, 1.54) is 12.5 Å². The van der Waals surface area contributed by atoms with Gasteiger partial charge in [-0.25, -0.2) is 14.6 Å². The molecule has 3 amide bonds. The molecule has 1 aromatic heterocycles. The smallest absolute Gasteiger partial charge is 0.339 e. The number of fused-ring (bicyclic) bond motifs is 2. The molecule has 1 aliphatic carbocycles. The predicted octanol–water partition coefficient (Wildman–Crippen LogP) is 3.77. The van der Waals surface area contributed by atoms with Gasteiger partial charge in [-0.05, 0) is 55.5 Å². The summed E-state index contributed by atoms with van der Waals surface area (Å²) in [6, 6.07) is 14.6. The number of benzene rings is 2. The van der Waals surface area contributed by atoms with Crippen LogP contribution in [-0.4, -0.2) is 29.0 Å². The van der Waals surface area contributed by atoms with Gasteiger partial charge in [-0.2, -0.15) is 0 Å². The third-order valence-corrected chi connectivity index (χ3v) is 5.46. The number of amides is 3. The topological polar surface area (TPSA) is 111 Å². The molecule has 32 heavy (non-hydrogen) atoms. The number of esters is 1. The standard InChI is InChI=1S/C25H23N3O4/c1-14-7-9-16(10-8-14)13-17-11-12-19-21(18-5-3-4-6-20(18)27-22(17)19)24(30)32-15(2)23(29)28-25(26)31/h3-10,13,15H,11-12H2,1-2H3,(H3,26,28,29,31). The SMILES string of the molecule is Cc1ccc(C=C2CCc3c2nc2ccccc2c3C(=O)OC(C)C(=O)NC(N)=O)cc1. The quantitative estimate of drug-likeness (QED) is 0.613. The van der Waals surface area contributed by atoms with E-state index in [2.05, 4.69) is 30.3 Å². The second kappa shape index (κ2) is 8.63. The summed E-state index contributed by atoms with van der Waals surface area (Å²) in [5, 5.41) is 2.59. The van der Waals surface area contributed by atoms with E-state index >= 15 is 0 Å². The van der Waals surface area contributed by atoms with Gasteiger partial charge in [0.05, 0.1) is 16.8 Å². The van der Waals surface area contributed by atoms with Crippen LogP contribution in [0.15, 0.2) is 48.5 Å². The van der Waals surface area contributed by atoms with Gasteiger partial charge in [0.25, 0.3) is 5.91 Å². The van der Waals surface area contributed by atoms with Crippen molar-refractivity contribution in [2.45, 2.75) is 32.8 Å². The highest BCUT2D eigenvalue weighted by Gasteiger charge is 2.29. The first-order valence-electron chi connectivity index (χ1n) is 10.3. The Morgan fingerprint density at radius 2 is 1.81 bits per heavy atom. The molecule has 7 heteroatoms. The maximum Gasteiger partial charge on any atom is 0.339 e. The zero-order valence-electron chi connectivity index (χ0n) is 17.8. The zero-order chi connectivity index (χ0) is 22.8. The van der Waals surface area contributed by atoms with Gasteiger partial charge in [-0.15, -0.1) is 0 Å². The number of aromatic nitrogens is 1. The number of nitrogens with one attached hydrogen (secondary N) is 1. The second-order valence-electron chi connectivity index (χ2n) is 7.81. The van der Waals surface area contributed by atoms with Crippen molar-refractivity contribution in [2.24, 2.45) is 5.73 Å². The fourth-order valence-corrected chi connectivity index (χ4v) is 3.87. The molecule has 0 radical (unpaired) electrons. The molecule has 4 rings (SSSR count). The van der Waals surface area contributed by atoms with Gasteiger partial charge in [-0.1, -0.05) is 48.0 Å². The molecule has 0 fully saturated rings. The number of hydrogen-bond acceptors (Lipinski definition) is 5. The normalized spacial score (nSPS) is 14.8. The van der Waals surface area contributed by atoms with Gasteiger partial charge in [0.15, 0.2) is 6.10 Å². The number of urea groups is 1. The average Bonchev–Trinajstić information content (AvgIpc) is 3.15. The van der Waals surface area contributed by atoms with E-state index in [1.54, 1.807) is 0 Å². The van der Waals surface area contributed by atoms with Gasteiger partial charge in [0.1, 0.15) is 0 Å². The molecule has 162 valence electrons. The lowest BCUT2D eigenvalue weighted by molar-refractivity contribution is -0.127. The number of nitrogens with zero attached hydrogens (tertiary/aromatic N) is 1. The van der Waals surface area contributed by atoms with Gasteiger partial charge in [0, 0.05) is 5.39 Å². The highest BCUT2D eigenvalue weighted by Crippen LogP contribution is 2.37. The van der Waals surface area contributed by atoms with E-state index in [-0.39, 0.29) is 0 Å². The van der Waals surface area contributed by atoms with Crippen LogP contribution in [0.2, 0.25) is 0 Å². The number of carbonyl (C=O) groups excluding carboxylic acids is 3. The first-order valence-corrected chi connectivity index (χ1v) is 10.3. The molecule has 0 spiro atoms. The molecule has 2 aromatic carbocycles. The van der Waals surface area contributed by atoms with Crippen molar-refractivity contribution in [1.82, 2.24) is 10.3 Å². The van der Waals surface area contributed by atoms with Gasteiger partial charge >= 0.3 is 12.0 Å². The van der Waals surface area contributed by atoms with E-state index in [1.807, 2.05) is 36.5 Å². The van der Waals surface area contributed by atoms with Crippen molar-refractivity contribution < 1.29 is 19.1 Å². The molecule has 0 aliphatic heterocycles. The van der Waals surface area contributed by atoms with E-state index in [0.29, 0.717) is 22.9 Å². The van der Waals surface area contributed by atoms with Crippen LogP contribution in [0.1, 0.15) is 46.1 Å². The van der Waals surface area contributed by atoms with E-state index in [4.69, 9.17) is 15.5 Å². The molecule has 1 atom stereocenters. The van der Waals surface area contributed by atoms with Gasteiger partial charge in [0.2, 0.25) is 0 Å². The molecule has 0 bridgehead atoms. The Kier molecular flexibility index (Phi) is 5.73. The summed E-state index contributed by atoms with van der Waals surface area (Å²) < 4.78 is 5.39. The van der Waals surface area contributed by atoms with Crippen molar-refractivity contribution in [3.05, 3.63) is 76.5 Å². The zero-order valence-corrected chi connectivity index (χ0v) is 17.8. The lowest BCUT2D eigenvalue weighted by Crippen LogP contribution is -2.42. The summed E-state index contributed by atoms with van der Waals surface area (Å²) in [4.78, 5) is 40.9. The average molecular weight is 429 g/mol. The van der Waals surface area contributed by atoms with Crippen molar-refractivity contribution in [3.63, 3.8) is 0 Å². The lowest BCUT2D eigenvalue weighted by Gasteiger charge is -2.15. The van der Waals surface area contributed by atoms with Crippen LogP contribution in [-0.2, 0) is 16.0 Å². The van der Waals surface area contributed by atoms with Crippen LogP contribution in [0.25, 0.3) is 22.6 Å². The van der Waals surface area contributed by atoms with Crippen LogP contribution in [0, 0.1) is 6.92 Å². The van der Waals surface area contributed by atoms with Crippen LogP contribution < -0.4 is 11.1 Å². The Morgan fingerprint density at radius 3 is 2.53 bits per heavy atom. The molecule has 1 heterocycles. The third kappa shape index (κ3) is 4.23. The molecule has 0 saturated carbocycles. The minimum atomic E-state index is -1.18. The largest absolute Gasteiger partial charge is 0.449 e. The van der Waals surface area contributed by atoms with Crippen molar-refractivity contribution in [3.8, 4) is 0 Å². The minimum absolute atomic E-state index is 0.400. The number of rotatable bonds is 4. The number of carbonyl (C=O) groups is 3. The Labute approximate surface area is 185 Å². The number of allylic oxidation sites excluding steroid dienone is 1. The maximum absolute atomic E-state index is 13.2. The molecule has 0 saturated heterocycles. The first-order chi connectivity index (χ1) is 15.3. The molecular weight excluding hydrogens is 406 g/mol. The molecule has 7 nitrogen and oxygen atoms in total. The number of ether oxygens (including phenoxy) is 1. The number of aryl methyl sites for hydroxylation is 1. The fourth-order valence-electron chi connectivity index (χ4n) is 3.87. The molecule has 1 aliphatic rings. The summed E-state index contributed by atoms with van der Waals surface area (Å²) >= 11 is 0. The molecular formula is C25H23N3O4. The first kappa shape index (κ1) is 21.2. The summed E-state index contributed by atoms with van der Waals surface area (Å²) in [5.41, 5.74) is 10.9. The molecule has 3 aromatic rings. The minimum Gasteiger partial charge on any atom is -0.449 e.